The third kappa shape index (κ3) is 4.22. The van der Waals surface area contributed by atoms with Gasteiger partial charge in [-0.15, -0.1) is 0 Å². The van der Waals surface area contributed by atoms with Gasteiger partial charge >= 0.3 is 0 Å². The molecule has 0 spiro atoms. The number of benzene rings is 2. The molecule has 2 aromatic carbocycles. The van der Waals surface area contributed by atoms with E-state index in [-0.39, 0.29) is 18.3 Å². The molecule has 0 aromatic heterocycles. The van der Waals surface area contributed by atoms with Crippen molar-refractivity contribution >= 4 is 11.6 Å². The van der Waals surface area contributed by atoms with Gasteiger partial charge in [0.25, 0.3) is 5.91 Å². The molecule has 26 heavy (non-hydrogen) atoms. The number of anilines is 1. The molecule has 1 saturated heterocycles. The Hall–Kier alpha value is -2.83. The van der Waals surface area contributed by atoms with E-state index in [9.17, 15) is 13.6 Å². The summed E-state index contributed by atoms with van der Waals surface area (Å²) in [6, 6.07) is 11.0. The minimum absolute atomic E-state index is 0.133. The number of piperazine rings is 1. The average Bonchev–Trinajstić information content (AvgIpc) is 2.69. The fourth-order valence-corrected chi connectivity index (χ4v) is 2.81. The smallest absolute Gasteiger partial charge is 0.260 e. The molecule has 2 aromatic rings. The number of rotatable bonds is 5. The third-order valence-corrected chi connectivity index (χ3v) is 4.32. The van der Waals surface area contributed by atoms with Crippen LogP contribution in [0.25, 0.3) is 0 Å². The van der Waals surface area contributed by atoms with Crippen LogP contribution in [-0.2, 0) is 4.79 Å². The first-order valence-corrected chi connectivity index (χ1v) is 8.31. The molecule has 7 heteroatoms. The molecule has 0 radical (unpaired) electrons. The Morgan fingerprint density at radius 3 is 2.23 bits per heavy atom. The van der Waals surface area contributed by atoms with Crippen molar-refractivity contribution in [2.75, 3.05) is 44.8 Å². The molecule has 1 aliphatic rings. The summed E-state index contributed by atoms with van der Waals surface area (Å²) in [4.78, 5) is 16.2. The van der Waals surface area contributed by atoms with E-state index in [1.165, 1.54) is 6.07 Å². The number of amides is 1. The maximum atomic E-state index is 13.1. The molecule has 0 aliphatic carbocycles. The van der Waals surface area contributed by atoms with Gasteiger partial charge < -0.3 is 19.3 Å². The lowest BCUT2D eigenvalue weighted by Gasteiger charge is -2.36. The van der Waals surface area contributed by atoms with Crippen LogP contribution >= 0.6 is 0 Å². The summed E-state index contributed by atoms with van der Waals surface area (Å²) in [7, 11) is 1.63. The highest BCUT2D eigenvalue weighted by Crippen LogP contribution is 2.21. The van der Waals surface area contributed by atoms with E-state index in [0.717, 1.165) is 23.6 Å². The normalized spacial score (nSPS) is 14.3. The Kier molecular flexibility index (Phi) is 5.55. The molecule has 3 rings (SSSR count). The van der Waals surface area contributed by atoms with E-state index in [1.54, 1.807) is 12.0 Å². The van der Waals surface area contributed by atoms with Gasteiger partial charge in [-0.2, -0.15) is 0 Å². The number of ether oxygens (including phenoxy) is 2. The first kappa shape index (κ1) is 18.0. The lowest BCUT2D eigenvalue weighted by molar-refractivity contribution is -0.133. The summed E-state index contributed by atoms with van der Waals surface area (Å²) < 4.78 is 36.5. The van der Waals surface area contributed by atoms with Crippen LogP contribution in [-0.4, -0.2) is 50.7 Å². The zero-order valence-corrected chi connectivity index (χ0v) is 14.5. The Balaban J connectivity index is 1.49. The topological polar surface area (TPSA) is 42.0 Å². The van der Waals surface area contributed by atoms with Crippen molar-refractivity contribution < 1.29 is 23.0 Å². The SMILES string of the molecule is COc1ccc(N2CCN(C(=O)COc3ccc(F)c(F)c3)CC2)cc1. The van der Waals surface area contributed by atoms with Crippen LogP contribution < -0.4 is 14.4 Å². The van der Waals surface area contributed by atoms with Crippen LogP contribution in [0.1, 0.15) is 0 Å². The Bertz CT molecular complexity index is 760. The molecular formula is C19H20F2N2O3. The number of hydrogen-bond acceptors (Lipinski definition) is 4. The van der Waals surface area contributed by atoms with Crippen molar-refractivity contribution in [3.05, 3.63) is 54.1 Å². The number of halogens is 2. The van der Waals surface area contributed by atoms with Crippen molar-refractivity contribution in [1.82, 2.24) is 4.90 Å². The number of carbonyl (C=O) groups is 1. The Morgan fingerprint density at radius 2 is 1.62 bits per heavy atom. The van der Waals surface area contributed by atoms with Gasteiger partial charge in [-0.3, -0.25) is 4.79 Å². The number of methoxy groups -OCH3 is 1. The van der Waals surface area contributed by atoms with E-state index in [4.69, 9.17) is 9.47 Å². The average molecular weight is 362 g/mol. The summed E-state index contributed by atoms with van der Waals surface area (Å²) in [5.41, 5.74) is 1.08. The molecule has 0 bridgehead atoms. The van der Waals surface area contributed by atoms with Crippen molar-refractivity contribution in [1.29, 1.82) is 0 Å². The maximum Gasteiger partial charge on any atom is 0.260 e. The van der Waals surface area contributed by atoms with Gasteiger partial charge in [-0.25, -0.2) is 8.78 Å². The van der Waals surface area contributed by atoms with Gasteiger partial charge in [0.15, 0.2) is 18.2 Å². The summed E-state index contributed by atoms with van der Waals surface area (Å²) in [6.45, 7) is 2.37. The number of carbonyl (C=O) groups excluding carboxylic acids is 1. The van der Waals surface area contributed by atoms with Crippen molar-refractivity contribution in [3.63, 3.8) is 0 Å². The van der Waals surface area contributed by atoms with E-state index in [2.05, 4.69) is 4.90 Å². The van der Waals surface area contributed by atoms with Crippen LogP contribution in [0.4, 0.5) is 14.5 Å². The maximum absolute atomic E-state index is 13.1. The lowest BCUT2D eigenvalue weighted by Crippen LogP contribution is -2.50. The zero-order chi connectivity index (χ0) is 18.5. The highest BCUT2D eigenvalue weighted by Gasteiger charge is 2.21. The largest absolute Gasteiger partial charge is 0.497 e. The van der Waals surface area contributed by atoms with Gasteiger partial charge in [-0.05, 0) is 36.4 Å². The van der Waals surface area contributed by atoms with Gasteiger partial charge in [0, 0.05) is 37.9 Å². The number of hydrogen-bond donors (Lipinski definition) is 0. The summed E-state index contributed by atoms with van der Waals surface area (Å²) in [6.07, 6.45) is 0. The summed E-state index contributed by atoms with van der Waals surface area (Å²) >= 11 is 0. The quantitative estimate of drug-likeness (QED) is 0.820. The molecule has 1 amide bonds. The van der Waals surface area contributed by atoms with E-state index in [1.807, 2.05) is 24.3 Å². The fourth-order valence-electron chi connectivity index (χ4n) is 2.81. The zero-order valence-electron chi connectivity index (χ0n) is 14.5. The van der Waals surface area contributed by atoms with Crippen LogP contribution in [0.3, 0.4) is 0 Å². The minimum Gasteiger partial charge on any atom is -0.497 e. The highest BCUT2D eigenvalue weighted by molar-refractivity contribution is 5.78. The Labute approximate surface area is 150 Å². The molecule has 5 nitrogen and oxygen atoms in total. The first-order chi connectivity index (χ1) is 12.6. The van der Waals surface area contributed by atoms with Crippen LogP contribution in [0.5, 0.6) is 11.5 Å². The number of nitrogens with zero attached hydrogens (tertiary/aromatic N) is 2. The second-order valence-corrected chi connectivity index (χ2v) is 5.93. The molecule has 0 N–H and O–H groups in total. The van der Waals surface area contributed by atoms with Gasteiger partial charge in [0.1, 0.15) is 11.5 Å². The van der Waals surface area contributed by atoms with Crippen molar-refractivity contribution in [2.24, 2.45) is 0 Å². The molecule has 138 valence electrons. The van der Waals surface area contributed by atoms with E-state index >= 15 is 0 Å². The second-order valence-electron chi connectivity index (χ2n) is 5.93. The molecule has 1 aliphatic heterocycles. The van der Waals surface area contributed by atoms with Crippen LogP contribution in [0, 0.1) is 11.6 Å². The molecule has 1 fully saturated rings. The summed E-state index contributed by atoms with van der Waals surface area (Å²) in [5, 5.41) is 0. The monoisotopic (exact) mass is 362 g/mol. The second kappa shape index (κ2) is 8.03. The van der Waals surface area contributed by atoms with Crippen LogP contribution in [0.15, 0.2) is 42.5 Å². The molecule has 0 saturated carbocycles. The minimum atomic E-state index is -0.997. The Morgan fingerprint density at radius 1 is 0.962 bits per heavy atom. The van der Waals surface area contributed by atoms with Gasteiger partial charge in [-0.1, -0.05) is 0 Å². The van der Waals surface area contributed by atoms with Gasteiger partial charge in [0.2, 0.25) is 0 Å². The summed E-state index contributed by atoms with van der Waals surface area (Å²) in [5.74, 6) is -1.18. The third-order valence-electron chi connectivity index (χ3n) is 4.32. The first-order valence-electron chi connectivity index (χ1n) is 8.31. The molecular weight excluding hydrogens is 342 g/mol. The van der Waals surface area contributed by atoms with Crippen molar-refractivity contribution in [2.45, 2.75) is 0 Å². The standard InChI is InChI=1S/C19H20F2N2O3/c1-25-15-4-2-14(3-5-15)22-8-10-23(11-9-22)19(24)13-26-16-6-7-17(20)18(21)12-16/h2-7,12H,8-11,13H2,1H3. The predicted molar refractivity (Wildman–Crippen MR) is 93.6 cm³/mol. The highest BCUT2D eigenvalue weighted by atomic mass is 19.2. The molecule has 0 atom stereocenters. The molecule has 0 unspecified atom stereocenters. The lowest BCUT2D eigenvalue weighted by atomic mass is 10.2. The molecule has 1 heterocycles. The van der Waals surface area contributed by atoms with Crippen molar-refractivity contribution in [3.8, 4) is 11.5 Å². The predicted octanol–water partition coefficient (Wildman–Crippen LogP) is 2.70. The fraction of sp³-hybridized carbons (Fsp3) is 0.316. The van der Waals surface area contributed by atoms with E-state index < -0.39 is 11.6 Å². The van der Waals surface area contributed by atoms with Gasteiger partial charge in [0.05, 0.1) is 7.11 Å². The van der Waals surface area contributed by atoms with E-state index in [0.29, 0.717) is 26.2 Å². The van der Waals surface area contributed by atoms with Crippen LogP contribution in [0.2, 0.25) is 0 Å².